The topological polar surface area (TPSA) is 128 Å². The average molecular weight is 457 g/mol. The number of nitriles is 1. The summed E-state index contributed by atoms with van der Waals surface area (Å²) < 4.78 is 4.11. The molecule has 0 amide bonds. The molecule has 4 aromatic rings. The molecular formula is C24H24N8O2. The van der Waals surface area contributed by atoms with E-state index < -0.39 is 11.2 Å². The van der Waals surface area contributed by atoms with Crippen LogP contribution in [0.4, 0.5) is 5.95 Å². The van der Waals surface area contributed by atoms with Gasteiger partial charge in [0.1, 0.15) is 6.07 Å². The van der Waals surface area contributed by atoms with Crippen LogP contribution in [0, 0.1) is 23.2 Å². The van der Waals surface area contributed by atoms with Crippen molar-refractivity contribution in [1.82, 2.24) is 23.7 Å². The number of nitrogens with zero attached hydrogens (tertiary/aromatic N) is 7. The Balaban J connectivity index is 1.97. The largest absolute Gasteiger partial charge is 0.344 e. The highest BCUT2D eigenvalue weighted by molar-refractivity contribution is 5.87. The number of aryl methyl sites for hydroxylation is 1. The third-order valence-electron chi connectivity index (χ3n) is 5.73. The number of aromatic nitrogens is 5. The van der Waals surface area contributed by atoms with Crippen LogP contribution in [0.15, 0.2) is 40.1 Å². The summed E-state index contributed by atoms with van der Waals surface area (Å²) in [5, 5.41) is 11.3. The van der Waals surface area contributed by atoms with Gasteiger partial charge in [0.25, 0.3) is 5.56 Å². The highest BCUT2D eigenvalue weighted by Crippen LogP contribution is 2.21. The van der Waals surface area contributed by atoms with Crippen LogP contribution in [0.5, 0.6) is 0 Å². The van der Waals surface area contributed by atoms with Crippen LogP contribution in [0.25, 0.3) is 21.9 Å². The zero-order valence-corrected chi connectivity index (χ0v) is 19.2. The molecule has 3 aromatic heterocycles. The normalized spacial score (nSPS) is 10.8. The second kappa shape index (κ2) is 9.22. The monoisotopic (exact) mass is 456 g/mol. The second-order valence-electron chi connectivity index (χ2n) is 7.82. The lowest BCUT2D eigenvalue weighted by molar-refractivity contribution is 0.644. The molecule has 0 saturated heterocycles. The van der Waals surface area contributed by atoms with Crippen LogP contribution in [0.2, 0.25) is 0 Å². The van der Waals surface area contributed by atoms with Crippen LogP contribution >= 0.6 is 0 Å². The summed E-state index contributed by atoms with van der Waals surface area (Å²) in [5.74, 6) is 6.30. The molecule has 0 unspecified atom stereocenters. The Bertz CT molecular complexity index is 1630. The first-order valence-corrected chi connectivity index (χ1v) is 10.7. The number of imidazole rings is 1. The van der Waals surface area contributed by atoms with Crippen molar-refractivity contribution in [2.75, 3.05) is 25.0 Å². The molecule has 10 heteroatoms. The van der Waals surface area contributed by atoms with Crippen LogP contribution in [0.3, 0.4) is 0 Å². The molecule has 2 N–H and O–H groups in total. The minimum Gasteiger partial charge on any atom is -0.344 e. The van der Waals surface area contributed by atoms with Crippen LogP contribution in [-0.2, 0) is 20.1 Å². The molecule has 34 heavy (non-hydrogen) atoms. The number of fused-ring (bicyclic) bond motifs is 2. The van der Waals surface area contributed by atoms with Crippen molar-refractivity contribution in [3.05, 3.63) is 62.6 Å². The van der Waals surface area contributed by atoms with Gasteiger partial charge in [-0.25, -0.2) is 4.79 Å². The Kier molecular flexibility index (Phi) is 6.17. The fourth-order valence-corrected chi connectivity index (χ4v) is 3.99. The van der Waals surface area contributed by atoms with Gasteiger partial charge in [0.15, 0.2) is 11.2 Å². The minimum absolute atomic E-state index is 0.145. The maximum absolute atomic E-state index is 13.6. The van der Waals surface area contributed by atoms with E-state index in [-0.39, 0.29) is 24.3 Å². The number of benzene rings is 1. The molecule has 1 aromatic carbocycles. The first-order chi connectivity index (χ1) is 16.4. The van der Waals surface area contributed by atoms with Crippen molar-refractivity contribution >= 4 is 27.9 Å². The fourth-order valence-electron chi connectivity index (χ4n) is 3.99. The van der Waals surface area contributed by atoms with Gasteiger partial charge < -0.3 is 10.6 Å². The standard InChI is InChI=1S/C24H24N8O2/c1-4-5-11-31-20-21(28-23(31)29(2)12-10-25)30(3)24(34)32(22(20)33)15-19-18(13-26)17-9-7-6-8-16(17)14-27-19/h6-9,14H,10-12,15,25H2,1-3H3. The van der Waals surface area contributed by atoms with E-state index in [0.29, 0.717) is 30.3 Å². The van der Waals surface area contributed by atoms with Gasteiger partial charge in [-0.2, -0.15) is 10.2 Å². The molecule has 0 atom stereocenters. The van der Waals surface area contributed by atoms with Crippen molar-refractivity contribution in [2.45, 2.75) is 20.0 Å². The second-order valence-corrected chi connectivity index (χ2v) is 7.82. The number of hydrogen-bond acceptors (Lipinski definition) is 7. The Morgan fingerprint density at radius 1 is 1.21 bits per heavy atom. The molecular weight excluding hydrogens is 432 g/mol. The summed E-state index contributed by atoms with van der Waals surface area (Å²) >= 11 is 0. The molecule has 0 fully saturated rings. The highest BCUT2D eigenvalue weighted by Gasteiger charge is 2.22. The smallest absolute Gasteiger partial charge is 0.332 e. The van der Waals surface area contributed by atoms with Gasteiger partial charge in [0.2, 0.25) is 5.95 Å². The lowest BCUT2D eigenvalue weighted by Gasteiger charge is -2.17. The van der Waals surface area contributed by atoms with Gasteiger partial charge in [-0.1, -0.05) is 30.2 Å². The van der Waals surface area contributed by atoms with Gasteiger partial charge in [-0.15, -0.1) is 5.92 Å². The number of pyridine rings is 1. The van der Waals surface area contributed by atoms with Crippen molar-refractivity contribution in [3.63, 3.8) is 0 Å². The molecule has 0 radical (unpaired) electrons. The van der Waals surface area contributed by atoms with E-state index in [1.807, 2.05) is 36.2 Å². The molecule has 0 saturated carbocycles. The number of hydrogen-bond donors (Lipinski definition) is 1. The SMILES string of the molecule is CC#CCn1c(N(C)CCN)nc2c1c(=O)n(Cc1ncc3ccccc3c1C#N)c(=O)n2C. The summed E-state index contributed by atoms with van der Waals surface area (Å²) in [5.41, 5.74) is 5.84. The fraction of sp³-hybridized carbons (Fsp3) is 0.292. The Morgan fingerprint density at radius 2 is 1.97 bits per heavy atom. The molecule has 0 aliphatic carbocycles. The van der Waals surface area contributed by atoms with Crippen LogP contribution in [-0.4, -0.2) is 43.8 Å². The predicted molar refractivity (Wildman–Crippen MR) is 131 cm³/mol. The maximum Gasteiger partial charge on any atom is 0.332 e. The third kappa shape index (κ3) is 3.70. The van der Waals surface area contributed by atoms with E-state index in [0.717, 1.165) is 15.3 Å². The zero-order valence-electron chi connectivity index (χ0n) is 19.2. The van der Waals surface area contributed by atoms with Gasteiger partial charge >= 0.3 is 5.69 Å². The van der Waals surface area contributed by atoms with Crippen LogP contribution < -0.4 is 21.9 Å². The van der Waals surface area contributed by atoms with E-state index in [1.165, 1.54) is 4.57 Å². The van der Waals surface area contributed by atoms with Crippen molar-refractivity contribution in [2.24, 2.45) is 12.8 Å². The number of likely N-dealkylation sites (N-methyl/N-ethyl adjacent to an activating group) is 1. The summed E-state index contributed by atoms with van der Waals surface area (Å²) in [6.07, 6.45) is 1.64. The summed E-state index contributed by atoms with van der Waals surface area (Å²) in [7, 11) is 3.38. The van der Waals surface area contributed by atoms with E-state index in [9.17, 15) is 14.9 Å². The first kappa shape index (κ1) is 22.8. The molecule has 0 aliphatic rings. The van der Waals surface area contributed by atoms with E-state index in [2.05, 4.69) is 27.9 Å². The van der Waals surface area contributed by atoms with Crippen molar-refractivity contribution in [1.29, 1.82) is 5.26 Å². The molecule has 0 spiro atoms. The number of anilines is 1. The van der Waals surface area contributed by atoms with Gasteiger partial charge in [-0.3, -0.25) is 23.5 Å². The summed E-state index contributed by atoms with van der Waals surface area (Å²) in [6.45, 7) is 2.70. The molecule has 4 rings (SSSR count). The summed E-state index contributed by atoms with van der Waals surface area (Å²) in [6, 6.07) is 9.55. The Hall–Kier alpha value is -4.41. The van der Waals surface area contributed by atoms with Gasteiger partial charge in [0.05, 0.1) is 24.3 Å². The molecule has 0 aliphatic heterocycles. The molecule has 172 valence electrons. The predicted octanol–water partition coefficient (Wildman–Crippen LogP) is 0.783. The van der Waals surface area contributed by atoms with E-state index in [1.54, 1.807) is 24.7 Å². The average Bonchev–Trinajstić information content (AvgIpc) is 3.23. The lowest BCUT2D eigenvalue weighted by Crippen LogP contribution is -2.40. The quantitative estimate of drug-likeness (QED) is 0.425. The van der Waals surface area contributed by atoms with Crippen molar-refractivity contribution < 1.29 is 0 Å². The minimum atomic E-state index is -0.546. The first-order valence-electron chi connectivity index (χ1n) is 10.7. The Morgan fingerprint density at radius 3 is 2.68 bits per heavy atom. The number of nitrogens with two attached hydrogens (primary N) is 1. The molecule has 3 heterocycles. The van der Waals surface area contributed by atoms with Gasteiger partial charge in [-0.05, 0) is 6.92 Å². The molecule has 0 bridgehead atoms. The number of rotatable bonds is 6. The van der Waals surface area contributed by atoms with E-state index >= 15 is 0 Å². The summed E-state index contributed by atoms with van der Waals surface area (Å²) in [4.78, 5) is 37.6. The molecule has 10 nitrogen and oxygen atoms in total. The van der Waals surface area contributed by atoms with E-state index in [4.69, 9.17) is 5.73 Å². The van der Waals surface area contributed by atoms with Gasteiger partial charge in [0, 0.05) is 44.2 Å². The highest BCUT2D eigenvalue weighted by atomic mass is 16.2. The third-order valence-corrected chi connectivity index (χ3v) is 5.73. The zero-order chi connectivity index (χ0) is 24.4. The van der Waals surface area contributed by atoms with Crippen LogP contribution in [0.1, 0.15) is 18.2 Å². The Labute approximate surface area is 195 Å². The lowest BCUT2D eigenvalue weighted by atomic mass is 10.1. The van der Waals surface area contributed by atoms with Crippen molar-refractivity contribution in [3.8, 4) is 17.9 Å². The maximum atomic E-state index is 13.6.